The van der Waals surface area contributed by atoms with Crippen molar-refractivity contribution in [2.45, 2.75) is 75.9 Å². The van der Waals surface area contributed by atoms with Crippen LogP contribution in [0.4, 0.5) is 0 Å². The van der Waals surface area contributed by atoms with E-state index in [0.717, 1.165) is 19.4 Å². The van der Waals surface area contributed by atoms with Gasteiger partial charge in [-0.2, -0.15) is 0 Å². The SMILES string of the molecule is OC(C1CCCC1)C1CCOC2(CCCC2)C1. The Balaban J connectivity index is 1.62. The van der Waals surface area contributed by atoms with Gasteiger partial charge in [0, 0.05) is 6.61 Å². The first-order chi connectivity index (χ1) is 8.29. The summed E-state index contributed by atoms with van der Waals surface area (Å²) in [7, 11) is 0. The molecule has 0 amide bonds. The molecule has 3 fully saturated rings. The third kappa shape index (κ3) is 2.39. The maximum atomic E-state index is 10.6. The summed E-state index contributed by atoms with van der Waals surface area (Å²) in [6.07, 6.45) is 12.5. The van der Waals surface area contributed by atoms with Crippen molar-refractivity contribution in [3.05, 3.63) is 0 Å². The molecule has 0 radical (unpaired) electrons. The average molecular weight is 238 g/mol. The van der Waals surface area contributed by atoms with Gasteiger partial charge < -0.3 is 9.84 Å². The van der Waals surface area contributed by atoms with Crippen LogP contribution >= 0.6 is 0 Å². The van der Waals surface area contributed by atoms with Gasteiger partial charge in [-0.1, -0.05) is 25.7 Å². The first kappa shape index (κ1) is 12.0. The molecule has 2 aliphatic carbocycles. The predicted molar refractivity (Wildman–Crippen MR) is 67.8 cm³/mol. The molecule has 2 saturated carbocycles. The van der Waals surface area contributed by atoms with E-state index in [9.17, 15) is 5.11 Å². The minimum atomic E-state index is -0.0427. The van der Waals surface area contributed by atoms with Crippen LogP contribution in [0.1, 0.15) is 64.2 Å². The summed E-state index contributed by atoms with van der Waals surface area (Å²) in [6, 6.07) is 0. The number of hydrogen-bond donors (Lipinski definition) is 1. The van der Waals surface area contributed by atoms with Crippen LogP contribution < -0.4 is 0 Å². The molecule has 3 aliphatic rings. The van der Waals surface area contributed by atoms with Gasteiger partial charge in [-0.25, -0.2) is 0 Å². The summed E-state index contributed by atoms with van der Waals surface area (Å²) in [6.45, 7) is 0.883. The smallest absolute Gasteiger partial charge is 0.0686 e. The van der Waals surface area contributed by atoms with Crippen LogP contribution in [-0.4, -0.2) is 23.4 Å². The largest absolute Gasteiger partial charge is 0.393 e. The van der Waals surface area contributed by atoms with E-state index in [0.29, 0.717) is 11.8 Å². The molecule has 2 unspecified atom stereocenters. The van der Waals surface area contributed by atoms with Crippen molar-refractivity contribution < 1.29 is 9.84 Å². The molecule has 0 bridgehead atoms. The maximum Gasteiger partial charge on any atom is 0.0686 e. The fraction of sp³-hybridized carbons (Fsp3) is 1.00. The molecule has 0 aromatic heterocycles. The number of aliphatic hydroxyl groups excluding tert-OH is 1. The zero-order valence-corrected chi connectivity index (χ0v) is 10.9. The molecule has 1 N–H and O–H groups in total. The lowest BCUT2D eigenvalue weighted by Gasteiger charge is -2.41. The zero-order valence-electron chi connectivity index (χ0n) is 10.9. The Morgan fingerprint density at radius 3 is 2.35 bits per heavy atom. The summed E-state index contributed by atoms with van der Waals surface area (Å²) < 4.78 is 6.06. The van der Waals surface area contributed by atoms with Crippen LogP contribution in [0.15, 0.2) is 0 Å². The van der Waals surface area contributed by atoms with Gasteiger partial charge in [-0.3, -0.25) is 0 Å². The van der Waals surface area contributed by atoms with Crippen molar-refractivity contribution in [1.82, 2.24) is 0 Å². The summed E-state index contributed by atoms with van der Waals surface area (Å²) >= 11 is 0. The molecule has 2 atom stereocenters. The summed E-state index contributed by atoms with van der Waals surface area (Å²) in [4.78, 5) is 0. The van der Waals surface area contributed by atoms with Gasteiger partial charge >= 0.3 is 0 Å². The van der Waals surface area contributed by atoms with E-state index in [4.69, 9.17) is 4.74 Å². The highest BCUT2D eigenvalue weighted by Gasteiger charge is 2.43. The summed E-state index contributed by atoms with van der Waals surface area (Å²) in [5.74, 6) is 1.11. The number of rotatable bonds is 2. The summed E-state index contributed by atoms with van der Waals surface area (Å²) in [5.41, 5.74) is 0.169. The third-order valence-electron chi connectivity index (χ3n) is 5.41. The van der Waals surface area contributed by atoms with Crippen molar-refractivity contribution in [1.29, 1.82) is 0 Å². The van der Waals surface area contributed by atoms with Crippen molar-refractivity contribution in [3.8, 4) is 0 Å². The molecule has 1 heterocycles. The van der Waals surface area contributed by atoms with E-state index in [-0.39, 0.29) is 11.7 Å². The first-order valence-corrected chi connectivity index (χ1v) is 7.61. The van der Waals surface area contributed by atoms with Crippen LogP contribution in [0, 0.1) is 11.8 Å². The average Bonchev–Trinajstić information content (AvgIpc) is 3.00. The number of hydrogen-bond acceptors (Lipinski definition) is 2. The van der Waals surface area contributed by atoms with Crippen molar-refractivity contribution in [3.63, 3.8) is 0 Å². The van der Waals surface area contributed by atoms with Gasteiger partial charge in [0.2, 0.25) is 0 Å². The Morgan fingerprint density at radius 2 is 1.65 bits per heavy atom. The second-order valence-electron chi connectivity index (χ2n) is 6.53. The van der Waals surface area contributed by atoms with E-state index in [1.807, 2.05) is 0 Å². The van der Waals surface area contributed by atoms with Crippen LogP contribution in [0.3, 0.4) is 0 Å². The van der Waals surface area contributed by atoms with E-state index < -0.39 is 0 Å². The highest BCUT2D eigenvalue weighted by Crippen LogP contribution is 2.44. The van der Waals surface area contributed by atoms with Gasteiger partial charge in [0.25, 0.3) is 0 Å². The lowest BCUT2D eigenvalue weighted by molar-refractivity contribution is -0.119. The molecule has 3 rings (SSSR count). The number of ether oxygens (including phenoxy) is 1. The fourth-order valence-electron chi connectivity index (χ4n) is 4.41. The standard InChI is InChI=1S/C15H26O2/c16-14(12-5-1-2-6-12)13-7-10-17-15(11-13)8-3-4-9-15/h12-14,16H,1-11H2. The Hall–Kier alpha value is -0.0800. The van der Waals surface area contributed by atoms with Gasteiger partial charge in [0.15, 0.2) is 0 Å². The van der Waals surface area contributed by atoms with E-state index in [1.54, 1.807) is 0 Å². The Morgan fingerprint density at radius 1 is 0.941 bits per heavy atom. The molecule has 1 spiro atoms. The molecule has 98 valence electrons. The van der Waals surface area contributed by atoms with Crippen LogP contribution in [0.2, 0.25) is 0 Å². The topological polar surface area (TPSA) is 29.5 Å². The van der Waals surface area contributed by atoms with Crippen molar-refractivity contribution in [2.75, 3.05) is 6.61 Å². The van der Waals surface area contributed by atoms with Crippen LogP contribution in [-0.2, 0) is 4.74 Å². The quantitative estimate of drug-likeness (QED) is 0.800. The summed E-state index contributed by atoms with van der Waals surface area (Å²) in [5, 5.41) is 10.6. The molecule has 1 saturated heterocycles. The van der Waals surface area contributed by atoms with Crippen LogP contribution in [0.5, 0.6) is 0 Å². The fourth-order valence-corrected chi connectivity index (χ4v) is 4.41. The molecule has 2 heteroatoms. The molecular weight excluding hydrogens is 212 g/mol. The highest BCUT2D eigenvalue weighted by atomic mass is 16.5. The van der Waals surface area contributed by atoms with Crippen molar-refractivity contribution >= 4 is 0 Å². The lowest BCUT2D eigenvalue weighted by atomic mass is 9.77. The first-order valence-electron chi connectivity index (χ1n) is 7.61. The molecule has 1 aliphatic heterocycles. The molecule has 0 aromatic carbocycles. The minimum absolute atomic E-state index is 0.0427. The van der Waals surface area contributed by atoms with Gasteiger partial charge in [-0.05, 0) is 50.4 Å². The van der Waals surface area contributed by atoms with E-state index in [1.165, 1.54) is 51.4 Å². The minimum Gasteiger partial charge on any atom is -0.393 e. The van der Waals surface area contributed by atoms with Crippen molar-refractivity contribution in [2.24, 2.45) is 11.8 Å². The van der Waals surface area contributed by atoms with Crippen LogP contribution in [0.25, 0.3) is 0 Å². The highest BCUT2D eigenvalue weighted by molar-refractivity contribution is 4.94. The van der Waals surface area contributed by atoms with E-state index >= 15 is 0 Å². The second-order valence-corrected chi connectivity index (χ2v) is 6.53. The normalized spacial score (nSPS) is 35.5. The Bertz CT molecular complexity index is 252. The van der Waals surface area contributed by atoms with Gasteiger partial charge in [0.05, 0.1) is 11.7 Å². The predicted octanol–water partition coefficient (Wildman–Crippen LogP) is 3.28. The zero-order chi connectivity index (χ0) is 11.7. The molecule has 2 nitrogen and oxygen atoms in total. The Kier molecular flexibility index (Phi) is 3.45. The monoisotopic (exact) mass is 238 g/mol. The maximum absolute atomic E-state index is 10.6. The molecular formula is C15H26O2. The Labute approximate surface area is 105 Å². The number of aliphatic hydroxyl groups is 1. The lowest BCUT2D eigenvalue weighted by Crippen LogP contribution is -2.42. The van der Waals surface area contributed by atoms with Gasteiger partial charge in [-0.15, -0.1) is 0 Å². The molecule has 17 heavy (non-hydrogen) atoms. The third-order valence-corrected chi connectivity index (χ3v) is 5.41. The van der Waals surface area contributed by atoms with E-state index in [2.05, 4.69) is 0 Å². The second kappa shape index (κ2) is 4.89. The van der Waals surface area contributed by atoms with Gasteiger partial charge in [0.1, 0.15) is 0 Å². The molecule has 0 aromatic rings.